The molecule has 1 saturated heterocycles. The van der Waals surface area contributed by atoms with Gasteiger partial charge < -0.3 is 4.74 Å². The summed E-state index contributed by atoms with van der Waals surface area (Å²) >= 11 is 0. The van der Waals surface area contributed by atoms with Crippen LogP contribution in [0.25, 0.3) is 0 Å². The van der Waals surface area contributed by atoms with Crippen molar-refractivity contribution in [3.63, 3.8) is 0 Å². The van der Waals surface area contributed by atoms with Crippen molar-refractivity contribution in [3.8, 4) is 0 Å². The number of hydrogen-bond donors (Lipinski definition) is 0. The van der Waals surface area contributed by atoms with Gasteiger partial charge in [0, 0.05) is 13.1 Å². The third-order valence-corrected chi connectivity index (χ3v) is 5.03. The molecule has 0 radical (unpaired) electrons. The van der Waals surface area contributed by atoms with Gasteiger partial charge >= 0.3 is 0 Å². The fourth-order valence-corrected chi connectivity index (χ4v) is 3.79. The Hall–Kier alpha value is -1.86. The summed E-state index contributed by atoms with van der Waals surface area (Å²) in [5.74, 6) is 0.630. The molecule has 128 valence electrons. The molecule has 24 heavy (non-hydrogen) atoms. The molecule has 0 bridgehead atoms. The molecule has 1 unspecified atom stereocenters. The van der Waals surface area contributed by atoms with E-state index in [4.69, 9.17) is 4.74 Å². The molecule has 4 rings (SSSR count). The smallest absolute Gasteiger partial charge is 0.173 e. The number of nitrogens with zero attached hydrogens (tertiary/aromatic N) is 5. The minimum absolute atomic E-state index is 0.0647. The quantitative estimate of drug-likeness (QED) is 0.861. The first-order valence-corrected chi connectivity index (χ1v) is 8.68. The van der Waals surface area contributed by atoms with E-state index in [1.54, 1.807) is 0 Å². The second-order valence-electron chi connectivity index (χ2n) is 6.52. The van der Waals surface area contributed by atoms with Gasteiger partial charge in [-0.15, -0.1) is 5.10 Å². The standard InChI is InChI=1S/C17H22FN5O/c18-14-7-5-13(6-8-14)16(22-9-11-24-12-10-22)17-19-20-21-23(17)15-3-1-2-4-15/h5-8,15-16H,1-4,9-12H2. The van der Waals surface area contributed by atoms with E-state index in [9.17, 15) is 4.39 Å². The van der Waals surface area contributed by atoms with E-state index >= 15 is 0 Å². The highest BCUT2D eigenvalue weighted by molar-refractivity contribution is 5.25. The summed E-state index contributed by atoms with van der Waals surface area (Å²) < 4.78 is 20.9. The Kier molecular flexibility index (Phi) is 4.53. The van der Waals surface area contributed by atoms with Crippen molar-refractivity contribution in [1.82, 2.24) is 25.1 Å². The number of benzene rings is 1. The van der Waals surface area contributed by atoms with Crippen LogP contribution in [0.3, 0.4) is 0 Å². The number of halogens is 1. The average molecular weight is 331 g/mol. The van der Waals surface area contributed by atoms with Crippen molar-refractivity contribution in [2.75, 3.05) is 26.3 Å². The van der Waals surface area contributed by atoms with E-state index in [0.29, 0.717) is 19.3 Å². The number of morpholine rings is 1. The van der Waals surface area contributed by atoms with Crippen LogP contribution in [0.5, 0.6) is 0 Å². The maximum Gasteiger partial charge on any atom is 0.173 e. The molecular formula is C17H22FN5O. The van der Waals surface area contributed by atoms with Crippen LogP contribution in [0.15, 0.2) is 24.3 Å². The summed E-state index contributed by atoms with van der Waals surface area (Å²) in [5.41, 5.74) is 1.02. The Morgan fingerprint density at radius 1 is 1.08 bits per heavy atom. The SMILES string of the molecule is Fc1ccc(C(c2nnnn2C2CCCC2)N2CCOCC2)cc1. The molecule has 1 aromatic carbocycles. The fraction of sp³-hybridized carbons (Fsp3) is 0.588. The first kappa shape index (κ1) is 15.7. The third-order valence-electron chi connectivity index (χ3n) is 5.03. The first-order chi connectivity index (χ1) is 11.8. The van der Waals surface area contributed by atoms with Gasteiger partial charge in [0.25, 0.3) is 0 Å². The zero-order valence-electron chi connectivity index (χ0n) is 13.6. The number of ether oxygens (including phenoxy) is 1. The zero-order valence-corrected chi connectivity index (χ0v) is 13.6. The minimum Gasteiger partial charge on any atom is -0.379 e. The summed E-state index contributed by atoms with van der Waals surface area (Å²) in [6, 6.07) is 7.00. The van der Waals surface area contributed by atoms with Crippen LogP contribution in [0.1, 0.15) is 49.2 Å². The summed E-state index contributed by atoms with van der Waals surface area (Å²) in [6.45, 7) is 3.03. The molecule has 0 amide bonds. The Morgan fingerprint density at radius 2 is 1.79 bits per heavy atom. The zero-order chi connectivity index (χ0) is 16.4. The Morgan fingerprint density at radius 3 is 2.50 bits per heavy atom. The Labute approximate surface area is 140 Å². The van der Waals surface area contributed by atoms with Crippen LogP contribution in [0, 0.1) is 5.82 Å². The predicted octanol–water partition coefficient (Wildman–Crippen LogP) is 2.35. The van der Waals surface area contributed by atoms with E-state index in [1.165, 1.54) is 25.0 Å². The molecular weight excluding hydrogens is 309 g/mol. The van der Waals surface area contributed by atoms with Gasteiger partial charge in [-0.3, -0.25) is 4.90 Å². The fourth-order valence-electron chi connectivity index (χ4n) is 3.79. The highest BCUT2D eigenvalue weighted by Crippen LogP contribution is 2.34. The Balaban J connectivity index is 1.72. The molecule has 2 aliphatic rings. The van der Waals surface area contributed by atoms with Gasteiger partial charge in [0.15, 0.2) is 5.82 Å². The van der Waals surface area contributed by atoms with Crippen molar-refractivity contribution >= 4 is 0 Å². The molecule has 0 N–H and O–H groups in total. The van der Waals surface area contributed by atoms with Crippen molar-refractivity contribution in [1.29, 1.82) is 0 Å². The van der Waals surface area contributed by atoms with Crippen LogP contribution in [0.4, 0.5) is 4.39 Å². The van der Waals surface area contributed by atoms with Crippen LogP contribution in [-0.2, 0) is 4.74 Å². The van der Waals surface area contributed by atoms with Crippen LogP contribution < -0.4 is 0 Å². The molecule has 2 aromatic rings. The lowest BCUT2D eigenvalue weighted by atomic mass is 10.0. The summed E-state index contributed by atoms with van der Waals surface area (Å²) in [7, 11) is 0. The maximum atomic E-state index is 13.4. The molecule has 1 aliphatic carbocycles. The number of rotatable bonds is 4. The van der Waals surface area contributed by atoms with Crippen molar-refractivity contribution in [2.45, 2.75) is 37.8 Å². The van der Waals surface area contributed by atoms with Gasteiger partial charge in [0.2, 0.25) is 0 Å². The van der Waals surface area contributed by atoms with Crippen LogP contribution in [0.2, 0.25) is 0 Å². The van der Waals surface area contributed by atoms with E-state index < -0.39 is 0 Å². The lowest BCUT2D eigenvalue weighted by molar-refractivity contribution is 0.0213. The highest BCUT2D eigenvalue weighted by Gasteiger charge is 2.32. The lowest BCUT2D eigenvalue weighted by Crippen LogP contribution is -2.40. The van der Waals surface area contributed by atoms with Crippen molar-refractivity contribution < 1.29 is 9.13 Å². The molecule has 0 spiro atoms. The summed E-state index contributed by atoms with van der Waals surface area (Å²) in [6.07, 6.45) is 4.69. The highest BCUT2D eigenvalue weighted by atomic mass is 19.1. The van der Waals surface area contributed by atoms with E-state index in [-0.39, 0.29) is 11.9 Å². The van der Waals surface area contributed by atoms with Gasteiger partial charge in [-0.2, -0.15) is 0 Å². The number of tetrazole rings is 1. The maximum absolute atomic E-state index is 13.4. The molecule has 1 atom stereocenters. The molecule has 1 aromatic heterocycles. The molecule has 6 nitrogen and oxygen atoms in total. The second-order valence-corrected chi connectivity index (χ2v) is 6.52. The van der Waals surface area contributed by atoms with Crippen molar-refractivity contribution in [2.24, 2.45) is 0 Å². The third kappa shape index (κ3) is 3.06. The Bertz CT molecular complexity index is 662. The van der Waals surface area contributed by atoms with E-state index in [1.807, 2.05) is 16.8 Å². The average Bonchev–Trinajstić information content (AvgIpc) is 3.29. The van der Waals surface area contributed by atoms with Crippen molar-refractivity contribution in [3.05, 3.63) is 41.5 Å². The molecule has 1 saturated carbocycles. The van der Waals surface area contributed by atoms with Crippen LogP contribution >= 0.6 is 0 Å². The molecule has 2 heterocycles. The topological polar surface area (TPSA) is 56.1 Å². The molecule has 7 heteroatoms. The second kappa shape index (κ2) is 6.94. The normalized spacial score (nSPS) is 21.2. The van der Waals surface area contributed by atoms with Gasteiger partial charge in [-0.25, -0.2) is 9.07 Å². The van der Waals surface area contributed by atoms with Gasteiger partial charge in [0.1, 0.15) is 5.82 Å². The van der Waals surface area contributed by atoms with E-state index in [0.717, 1.165) is 37.3 Å². The predicted molar refractivity (Wildman–Crippen MR) is 86.0 cm³/mol. The molecule has 1 aliphatic heterocycles. The summed E-state index contributed by atoms with van der Waals surface area (Å²) in [4.78, 5) is 2.33. The number of hydrogen-bond acceptors (Lipinski definition) is 5. The van der Waals surface area contributed by atoms with Crippen LogP contribution in [-0.4, -0.2) is 51.4 Å². The lowest BCUT2D eigenvalue weighted by Gasteiger charge is -2.34. The minimum atomic E-state index is -0.227. The molecule has 2 fully saturated rings. The number of aromatic nitrogens is 4. The largest absolute Gasteiger partial charge is 0.379 e. The van der Waals surface area contributed by atoms with Gasteiger partial charge in [-0.05, 0) is 41.0 Å². The first-order valence-electron chi connectivity index (χ1n) is 8.68. The van der Waals surface area contributed by atoms with Gasteiger partial charge in [-0.1, -0.05) is 25.0 Å². The monoisotopic (exact) mass is 331 g/mol. The summed E-state index contributed by atoms with van der Waals surface area (Å²) in [5, 5.41) is 12.6. The van der Waals surface area contributed by atoms with E-state index in [2.05, 4.69) is 20.4 Å². The van der Waals surface area contributed by atoms with Gasteiger partial charge in [0.05, 0.1) is 25.3 Å².